The molecule has 0 saturated carbocycles. The molecule has 2 aliphatic rings. The Kier molecular flexibility index (Phi) is 5.36. The number of allylic oxidation sites excluding steroid dienone is 1. The maximum atomic E-state index is 13.0. The van der Waals surface area contributed by atoms with Gasteiger partial charge in [0.25, 0.3) is 0 Å². The molecule has 0 bridgehead atoms. The molecule has 29 heavy (non-hydrogen) atoms. The van der Waals surface area contributed by atoms with Gasteiger partial charge in [-0.2, -0.15) is 5.26 Å². The predicted octanol–water partition coefficient (Wildman–Crippen LogP) is 4.01. The van der Waals surface area contributed by atoms with Crippen molar-refractivity contribution in [3.63, 3.8) is 0 Å². The number of hydrogen-bond donors (Lipinski definition) is 1. The van der Waals surface area contributed by atoms with Gasteiger partial charge in [0.1, 0.15) is 0 Å². The Morgan fingerprint density at radius 1 is 1.28 bits per heavy atom. The van der Waals surface area contributed by atoms with Crippen LogP contribution >= 0.6 is 11.8 Å². The van der Waals surface area contributed by atoms with Crippen molar-refractivity contribution >= 4 is 23.4 Å². The number of benzene rings is 2. The summed E-state index contributed by atoms with van der Waals surface area (Å²) in [6, 6.07) is 17.3. The summed E-state index contributed by atoms with van der Waals surface area (Å²) in [6.07, 6.45) is 0.214. The van der Waals surface area contributed by atoms with E-state index in [2.05, 4.69) is 11.0 Å². The van der Waals surface area contributed by atoms with Gasteiger partial charge in [-0.3, -0.25) is 9.69 Å². The van der Waals surface area contributed by atoms with Crippen LogP contribution in [0.2, 0.25) is 0 Å². The summed E-state index contributed by atoms with van der Waals surface area (Å²) in [5.41, 5.74) is 2.44. The van der Waals surface area contributed by atoms with Gasteiger partial charge < -0.3 is 14.7 Å². The molecule has 1 atom stereocenters. The monoisotopic (exact) mass is 407 g/mol. The molecule has 0 spiro atoms. The minimum Gasteiger partial charge on any atom is -0.504 e. The van der Waals surface area contributed by atoms with E-state index in [1.807, 2.05) is 37.3 Å². The van der Waals surface area contributed by atoms with Gasteiger partial charge in [-0.25, -0.2) is 0 Å². The number of thioether (sulfide) groups is 1. The largest absolute Gasteiger partial charge is 0.504 e. The topological polar surface area (TPSA) is 76.8 Å². The van der Waals surface area contributed by atoms with Gasteiger partial charge in [0.15, 0.2) is 11.5 Å². The van der Waals surface area contributed by atoms with Crippen molar-refractivity contribution in [2.45, 2.75) is 19.3 Å². The van der Waals surface area contributed by atoms with Crippen LogP contribution in [0.5, 0.6) is 11.5 Å². The fraction of sp³-hybridized carbons (Fsp3) is 0.273. The number of para-hydroxylation sites is 1. The minimum absolute atomic E-state index is 0.0110. The first kappa shape index (κ1) is 19.2. The third-order valence-electron chi connectivity index (χ3n) is 5.10. The average Bonchev–Trinajstić information content (AvgIpc) is 2.76. The average molecular weight is 407 g/mol. The van der Waals surface area contributed by atoms with Crippen LogP contribution in [0.1, 0.15) is 24.8 Å². The van der Waals surface area contributed by atoms with Crippen LogP contribution in [0.4, 0.5) is 5.69 Å². The van der Waals surface area contributed by atoms with Crippen molar-refractivity contribution in [1.29, 1.82) is 5.26 Å². The molecular weight excluding hydrogens is 386 g/mol. The van der Waals surface area contributed by atoms with Crippen LogP contribution in [0, 0.1) is 11.3 Å². The molecule has 0 aliphatic carbocycles. The fourth-order valence-electron chi connectivity index (χ4n) is 3.67. The highest BCUT2D eigenvalue weighted by Crippen LogP contribution is 2.44. The molecule has 1 unspecified atom stereocenters. The van der Waals surface area contributed by atoms with Crippen LogP contribution in [-0.2, 0) is 4.79 Å². The maximum Gasteiger partial charge on any atom is 0.229 e. The molecule has 2 aromatic carbocycles. The third-order valence-corrected chi connectivity index (χ3v) is 6.26. The smallest absolute Gasteiger partial charge is 0.229 e. The highest BCUT2D eigenvalue weighted by atomic mass is 32.2. The van der Waals surface area contributed by atoms with E-state index in [1.165, 1.54) is 11.8 Å². The van der Waals surface area contributed by atoms with Gasteiger partial charge in [0.2, 0.25) is 5.91 Å². The number of nitrogens with zero attached hydrogens (tertiary/aromatic N) is 3. The first-order valence-electron chi connectivity index (χ1n) is 9.45. The second-order valence-electron chi connectivity index (χ2n) is 6.86. The molecule has 2 aromatic rings. The maximum absolute atomic E-state index is 13.0. The van der Waals surface area contributed by atoms with Crippen LogP contribution in [-0.4, -0.2) is 35.1 Å². The molecule has 4 rings (SSSR count). The standard InChI is InChI=1S/C22H21N3O3S/c1-2-28-20-10-15(8-9-19(20)26)17-11-21(27)25-13-24(16-6-4-3-5-7-16)14-29-22(25)18(17)12-23/h3-10,17,26H,2,11,13-14H2,1H3. The highest BCUT2D eigenvalue weighted by Gasteiger charge is 2.38. The number of nitriles is 1. The lowest BCUT2D eigenvalue weighted by Crippen LogP contribution is -2.47. The van der Waals surface area contributed by atoms with Gasteiger partial charge >= 0.3 is 0 Å². The number of amides is 1. The van der Waals surface area contributed by atoms with E-state index in [0.29, 0.717) is 30.5 Å². The molecule has 1 amide bonds. The van der Waals surface area contributed by atoms with E-state index in [4.69, 9.17) is 4.74 Å². The molecule has 1 fully saturated rings. The Morgan fingerprint density at radius 3 is 2.79 bits per heavy atom. The zero-order valence-electron chi connectivity index (χ0n) is 16.0. The van der Waals surface area contributed by atoms with E-state index < -0.39 is 0 Å². The van der Waals surface area contributed by atoms with Crippen molar-refractivity contribution in [1.82, 2.24) is 4.90 Å². The van der Waals surface area contributed by atoms with Crippen molar-refractivity contribution in [2.75, 3.05) is 24.1 Å². The molecule has 1 saturated heterocycles. The zero-order valence-corrected chi connectivity index (χ0v) is 16.9. The van der Waals surface area contributed by atoms with Crippen LogP contribution in [0.15, 0.2) is 59.1 Å². The molecule has 6 nitrogen and oxygen atoms in total. The van der Waals surface area contributed by atoms with Gasteiger partial charge in [-0.05, 0) is 36.8 Å². The summed E-state index contributed by atoms with van der Waals surface area (Å²) >= 11 is 1.51. The van der Waals surface area contributed by atoms with E-state index in [-0.39, 0.29) is 24.0 Å². The van der Waals surface area contributed by atoms with E-state index >= 15 is 0 Å². The number of anilines is 1. The normalized spacial score (nSPS) is 19.0. The second kappa shape index (κ2) is 8.10. The van der Waals surface area contributed by atoms with Crippen LogP contribution in [0.3, 0.4) is 0 Å². The Bertz CT molecular complexity index is 1000. The van der Waals surface area contributed by atoms with Crippen molar-refractivity contribution in [2.24, 2.45) is 0 Å². The van der Waals surface area contributed by atoms with Crippen molar-refractivity contribution < 1.29 is 14.6 Å². The number of carbonyl (C=O) groups is 1. The first-order valence-corrected chi connectivity index (χ1v) is 10.4. The Morgan fingerprint density at radius 2 is 2.07 bits per heavy atom. The number of phenols is 1. The summed E-state index contributed by atoms with van der Waals surface area (Å²) in [5, 5.41) is 20.6. The Hall–Kier alpha value is -3.11. The van der Waals surface area contributed by atoms with E-state index in [9.17, 15) is 15.2 Å². The van der Waals surface area contributed by atoms with Gasteiger partial charge in [0.05, 0.1) is 35.8 Å². The number of carbonyl (C=O) groups excluding carboxylic acids is 1. The lowest BCUT2D eigenvalue weighted by molar-refractivity contribution is -0.129. The molecule has 148 valence electrons. The third kappa shape index (κ3) is 3.64. The predicted molar refractivity (Wildman–Crippen MR) is 112 cm³/mol. The highest BCUT2D eigenvalue weighted by molar-refractivity contribution is 8.03. The number of ether oxygens (including phenoxy) is 1. The summed E-state index contributed by atoms with van der Waals surface area (Å²) in [6.45, 7) is 2.70. The number of fused-ring (bicyclic) bond motifs is 1. The molecule has 2 heterocycles. The lowest BCUT2D eigenvalue weighted by atomic mass is 9.86. The van der Waals surface area contributed by atoms with Gasteiger partial charge in [0, 0.05) is 18.0 Å². The second-order valence-corrected chi connectivity index (χ2v) is 7.79. The number of hydrogen-bond acceptors (Lipinski definition) is 6. The van der Waals surface area contributed by atoms with Crippen LogP contribution < -0.4 is 9.64 Å². The summed E-state index contributed by atoms with van der Waals surface area (Å²) in [4.78, 5) is 16.8. The summed E-state index contributed by atoms with van der Waals surface area (Å²) in [7, 11) is 0. The van der Waals surface area contributed by atoms with Gasteiger partial charge in [-0.15, -0.1) is 0 Å². The Balaban J connectivity index is 1.67. The van der Waals surface area contributed by atoms with E-state index in [1.54, 1.807) is 23.1 Å². The molecule has 0 aromatic heterocycles. The number of aromatic hydroxyl groups is 1. The number of rotatable bonds is 4. The van der Waals surface area contributed by atoms with Crippen LogP contribution in [0.25, 0.3) is 0 Å². The molecule has 0 radical (unpaired) electrons. The minimum atomic E-state index is -0.339. The van der Waals surface area contributed by atoms with Gasteiger partial charge in [-0.1, -0.05) is 36.0 Å². The first-order chi connectivity index (χ1) is 14.1. The summed E-state index contributed by atoms with van der Waals surface area (Å²) in [5.74, 6) is 0.739. The zero-order chi connectivity index (χ0) is 20.4. The Labute approximate surface area is 174 Å². The van der Waals surface area contributed by atoms with E-state index in [0.717, 1.165) is 16.3 Å². The number of phenolic OH excluding ortho intramolecular Hbond substituents is 1. The molecule has 1 N–H and O–H groups in total. The molecule has 7 heteroatoms. The van der Waals surface area contributed by atoms with Crippen molar-refractivity contribution in [3.8, 4) is 17.6 Å². The molecular formula is C22H21N3O3S. The summed E-state index contributed by atoms with van der Waals surface area (Å²) < 4.78 is 5.48. The van der Waals surface area contributed by atoms with Crippen molar-refractivity contribution in [3.05, 3.63) is 64.7 Å². The fourth-order valence-corrected chi connectivity index (χ4v) is 4.84. The lowest BCUT2D eigenvalue weighted by Gasteiger charge is -2.42. The quantitative estimate of drug-likeness (QED) is 0.825. The SMILES string of the molecule is CCOc1cc(C2CC(=O)N3CN(c4ccccc4)CSC3=C2C#N)ccc1O. The molecule has 2 aliphatic heterocycles.